The van der Waals surface area contributed by atoms with Crippen molar-refractivity contribution in [3.8, 4) is 0 Å². The molecule has 3 heterocycles. The van der Waals surface area contributed by atoms with Gasteiger partial charge in [0.2, 0.25) is 5.95 Å². The predicted octanol–water partition coefficient (Wildman–Crippen LogP) is -1.32. The number of aliphatic hydroxyl groups is 2. The van der Waals surface area contributed by atoms with Gasteiger partial charge in [-0.3, -0.25) is 14.3 Å². The normalized spacial score (nSPS) is 29.3. The Morgan fingerprint density at radius 2 is 2.38 bits per heavy atom. The first-order valence-electron chi connectivity index (χ1n) is 6.26. The number of hydrogen-bond acceptors (Lipinski definition) is 8. The number of rotatable bonds is 3. The molecular weight excluding hydrogens is 298 g/mol. The quantitative estimate of drug-likeness (QED) is 0.547. The van der Waals surface area contributed by atoms with E-state index in [1.54, 1.807) is 4.57 Å². The summed E-state index contributed by atoms with van der Waals surface area (Å²) in [4.78, 5) is 22.2. The Labute approximate surface area is 123 Å². The summed E-state index contributed by atoms with van der Waals surface area (Å²) < 4.78 is 7.22. The third kappa shape index (κ3) is 2.20. The minimum Gasteiger partial charge on any atom is -0.394 e. The number of H-pyrrole nitrogens is 1. The standard InChI is InChI=1S/C11H15N5O4S/c1-21-7-6(18)4(2-17)20-10(7)16-3-13-5-8(16)14-11(12)15-9(5)19/h3-4,6-7,10,17-18H,2H2,1H3,(H3,12,14,15,19)/t4-,6-,7-,10-/m1/s1. The fourth-order valence-corrected chi connectivity index (χ4v) is 3.36. The van der Waals surface area contributed by atoms with Crippen LogP contribution in [0.2, 0.25) is 0 Å². The summed E-state index contributed by atoms with van der Waals surface area (Å²) in [6, 6.07) is 0. The van der Waals surface area contributed by atoms with Gasteiger partial charge in [0.25, 0.3) is 5.56 Å². The summed E-state index contributed by atoms with van der Waals surface area (Å²) >= 11 is 1.40. The lowest BCUT2D eigenvalue weighted by molar-refractivity contribution is -0.0430. The Bertz CT molecular complexity index is 716. The van der Waals surface area contributed by atoms with Gasteiger partial charge in [-0.05, 0) is 6.26 Å². The molecule has 10 heteroatoms. The molecule has 21 heavy (non-hydrogen) atoms. The maximum atomic E-state index is 11.8. The highest BCUT2D eigenvalue weighted by molar-refractivity contribution is 7.99. The maximum Gasteiger partial charge on any atom is 0.280 e. The molecule has 0 aliphatic carbocycles. The number of nitrogens with two attached hydrogens (primary N) is 1. The summed E-state index contributed by atoms with van der Waals surface area (Å²) in [6.07, 6.45) is 1.15. The van der Waals surface area contributed by atoms with Crippen molar-refractivity contribution in [3.63, 3.8) is 0 Å². The van der Waals surface area contributed by atoms with Crippen molar-refractivity contribution in [2.75, 3.05) is 18.6 Å². The summed E-state index contributed by atoms with van der Waals surface area (Å²) in [6.45, 7) is -0.294. The van der Waals surface area contributed by atoms with Gasteiger partial charge in [0, 0.05) is 0 Å². The lowest BCUT2D eigenvalue weighted by Crippen LogP contribution is -2.31. The monoisotopic (exact) mass is 313 g/mol. The van der Waals surface area contributed by atoms with Gasteiger partial charge >= 0.3 is 0 Å². The minimum absolute atomic E-state index is 0.0211. The van der Waals surface area contributed by atoms with E-state index >= 15 is 0 Å². The fraction of sp³-hybridized carbons (Fsp3) is 0.545. The van der Waals surface area contributed by atoms with Crippen LogP contribution in [0.25, 0.3) is 11.2 Å². The number of aromatic amines is 1. The summed E-state index contributed by atoms with van der Waals surface area (Å²) in [5, 5.41) is 19.1. The molecule has 0 bridgehead atoms. The second-order valence-electron chi connectivity index (χ2n) is 4.71. The molecule has 0 aromatic carbocycles. The van der Waals surface area contributed by atoms with Crippen molar-refractivity contribution in [3.05, 3.63) is 16.7 Å². The molecule has 1 saturated heterocycles. The van der Waals surface area contributed by atoms with E-state index < -0.39 is 24.0 Å². The smallest absolute Gasteiger partial charge is 0.280 e. The van der Waals surface area contributed by atoms with E-state index in [2.05, 4.69) is 15.0 Å². The molecule has 4 atom stereocenters. The molecule has 1 fully saturated rings. The molecule has 114 valence electrons. The number of thioether (sulfide) groups is 1. The molecule has 9 nitrogen and oxygen atoms in total. The second kappa shape index (κ2) is 5.30. The van der Waals surface area contributed by atoms with Crippen LogP contribution in [0.3, 0.4) is 0 Å². The zero-order valence-electron chi connectivity index (χ0n) is 11.1. The molecule has 1 aliphatic heterocycles. The van der Waals surface area contributed by atoms with Crippen LogP contribution in [-0.2, 0) is 4.74 Å². The number of hydrogen-bond donors (Lipinski definition) is 4. The number of aromatic nitrogens is 4. The van der Waals surface area contributed by atoms with Crippen molar-refractivity contribution in [1.82, 2.24) is 19.5 Å². The first kappa shape index (κ1) is 14.3. The first-order valence-corrected chi connectivity index (χ1v) is 7.55. The number of nitrogens with zero attached hydrogens (tertiary/aromatic N) is 3. The Morgan fingerprint density at radius 3 is 3.05 bits per heavy atom. The second-order valence-corrected chi connectivity index (χ2v) is 5.73. The zero-order valence-corrected chi connectivity index (χ0v) is 11.9. The summed E-state index contributed by atoms with van der Waals surface area (Å²) in [5.41, 5.74) is 5.55. The number of nitrogens with one attached hydrogen (secondary N) is 1. The lowest BCUT2D eigenvalue weighted by Gasteiger charge is -2.19. The van der Waals surface area contributed by atoms with Crippen LogP contribution in [0.4, 0.5) is 5.95 Å². The lowest BCUT2D eigenvalue weighted by atomic mass is 10.2. The topological polar surface area (TPSA) is 139 Å². The molecule has 2 aromatic heterocycles. The van der Waals surface area contributed by atoms with E-state index in [0.29, 0.717) is 0 Å². The van der Waals surface area contributed by atoms with Crippen LogP contribution in [-0.4, -0.2) is 60.1 Å². The van der Waals surface area contributed by atoms with Crippen LogP contribution in [0.5, 0.6) is 0 Å². The van der Waals surface area contributed by atoms with E-state index in [9.17, 15) is 15.0 Å². The SMILES string of the molecule is CS[C@@H]1[C@H](O)[C@@H](CO)O[C@H]1n1cnc2c(=O)[nH]c(N)nc21. The number of ether oxygens (including phenoxy) is 1. The number of fused-ring (bicyclic) bond motifs is 1. The molecule has 0 radical (unpaired) electrons. The van der Waals surface area contributed by atoms with Crippen LogP contribution >= 0.6 is 11.8 Å². The maximum absolute atomic E-state index is 11.8. The number of anilines is 1. The molecule has 0 spiro atoms. The van der Waals surface area contributed by atoms with E-state index in [1.807, 2.05) is 6.26 Å². The Hall–Kier alpha value is -1.62. The van der Waals surface area contributed by atoms with Gasteiger partial charge < -0.3 is 20.7 Å². The average Bonchev–Trinajstić information content (AvgIpc) is 2.99. The zero-order chi connectivity index (χ0) is 15.1. The Balaban J connectivity index is 2.10. The Kier molecular flexibility index (Phi) is 3.61. The van der Waals surface area contributed by atoms with E-state index in [-0.39, 0.29) is 29.0 Å². The van der Waals surface area contributed by atoms with Gasteiger partial charge in [0.15, 0.2) is 17.4 Å². The number of aliphatic hydroxyl groups excluding tert-OH is 2. The minimum atomic E-state index is -0.827. The molecule has 1 aliphatic rings. The number of nitrogen functional groups attached to an aromatic ring is 1. The molecule has 5 N–H and O–H groups in total. The molecule has 0 amide bonds. The summed E-state index contributed by atoms with van der Waals surface area (Å²) in [7, 11) is 0. The molecule has 2 aromatic rings. The number of imidazole rings is 1. The van der Waals surface area contributed by atoms with Gasteiger partial charge in [-0.1, -0.05) is 0 Å². The van der Waals surface area contributed by atoms with Crippen molar-refractivity contribution in [2.24, 2.45) is 0 Å². The van der Waals surface area contributed by atoms with E-state index in [4.69, 9.17) is 10.5 Å². The first-order chi connectivity index (χ1) is 10.1. The van der Waals surface area contributed by atoms with Crippen molar-refractivity contribution >= 4 is 28.9 Å². The van der Waals surface area contributed by atoms with Crippen LogP contribution in [0.15, 0.2) is 11.1 Å². The highest BCUT2D eigenvalue weighted by Gasteiger charge is 2.44. The highest BCUT2D eigenvalue weighted by atomic mass is 32.2. The van der Waals surface area contributed by atoms with Gasteiger partial charge in [-0.2, -0.15) is 16.7 Å². The van der Waals surface area contributed by atoms with Gasteiger partial charge in [-0.25, -0.2) is 4.98 Å². The van der Waals surface area contributed by atoms with E-state index in [1.165, 1.54) is 18.1 Å². The highest BCUT2D eigenvalue weighted by Crippen LogP contribution is 2.37. The summed E-state index contributed by atoms with van der Waals surface area (Å²) in [5.74, 6) is -0.0211. The van der Waals surface area contributed by atoms with Crippen LogP contribution in [0, 0.1) is 0 Å². The average molecular weight is 313 g/mol. The van der Waals surface area contributed by atoms with Crippen LogP contribution < -0.4 is 11.3 Å². The third-order valence-electron chi connectivity index (χ3n) is 3.49. The molecular formula is C11H15N5O4S. The van der Waals surface area contributed by atoms with Crippen molar-refractivity contribution in [1.29, 1.82) is 0 Å². The van der Waals surface area contributed by atoms with Gasteiger partial charge in [-0.15, -0.1) is 0 Å². The largest absolute Gasteiger partial charge is 0.394 e. The van der Waals surface area contributed by atoms with Crippen LogP contribution in [0.1, 0.15) is 6.23 Å². The third-order valence-corrected chi connectivity index (χ3v) is 4.55. The van der Waals surface area contributed by atoms with Gasteiger partial charge in [0.05, 0.1) is 24.3 Å². The van der Waals surface area contributed by atoms with E-state index in [0.717, 1.165) is 0 Å². The molecule has 0 saturated carbocycles. The van der Waals surface area contributed by atoms with Crippen molar-refractivity contribution < 1.29 is 14.9 Å². The molecule has 3 rings (SSSR count). The van der Waals surface area contributed by atoms with Crippen molar-refractivity contribution in [2.45, 2.75) is 23.7 Å². The fourth-order valence-electron chi connectivity index (χ4n) is 2.48. The molecule has 0 unspecified atom stereocenters. The van der Waals surface area contributed by atoms with Gasteiger partial charge in [0.1, 0.15) is 6.10 Å². The Morgan fingerprint density at radius 1 is 1.62 bits per heavy atom. The predicted molar refractivity (Wildman–Crippen MR) is 76.9 cm³/mol.